The fraction of sp³-hybridized carbons (Fsp3) is 0.368. The summed E-state index contributed by atoms with van der Waals surface area (Å²) in [5.41, 5.74) is 3.19. The zero-order chi connectivity index (χ0) is 16.6. The van der Waals surface area contributed by atoms with E-state index in [2.05, 4.69) is 10.6 Å². The highest BCUT2D eigenvalue weighted by atomic mass is 16.5. The molecule has 24 heavy (non-hydrogen) atoms. The van der Waals surface area contributed by atoms with E-state index in [0.717, 1.165) is 54.2 Å². The molecule has 0 atom stereocenters. The van der Waals surface area contributed by atoms with Crippen LogP contribution in [-0.4, -0.2) is 17.5 Å². The largest absolute Gasteiger partial charge is 0.497 e. The fourth-order valence-electron chi connectivity index (χ4n) is 3.73. The number of benzene rings is 2. The molecule has 1 aliphatic heterocycles. The van der Waals surface area contributed by atoms with E-state index >= 15 is 0 Å². The van der Waals surface area contributed by atoms with Gasteiger partial charge in [-0.05, 0) is 49.2 Å². The summed E-state index contributed by atoms with van der Waals surface area (Å²) < 4.78 is 6.37. The summed E-state index contributed by atoms with van der Waals surface area (Å²) in [7, 11) is 1.66. The van der Waals surface area contributed by atoms with E-state index in [9.17, 15) is 4.91 Å². The predicted molar refractivity (Wildman–Crippen MR) is 95.4 cm³/mol. The number of hydrogen-bond donors (Lipinski definition) is 2. The average molecular weight is 324 g/mol. The second-order valence-electron chi connectivity index (χ2n) is 6.60. The van der Waals surface area contributed by atoms with Gasteiger partial charge < -0.3 is 15.4 Å². The maximum Gasteiger partial charge on any atom is 0.290 e. The molecule has 2 N–H and O–H groups in total. The number of methoxy groups -OCH3 is 1. The molecule has 2 aromatic rings. The molecule has 1 heterocycles. The molecule has 1 spiro atoms. The molecule has 124 valence electrons. The maximum absolute atomic E-state index is 12.7. The third-order valence-corrected chi connectivity index (χ3v) is 5.03. The Labute approximate surface area is 141 Å². The molecule has 5 heteroatoms. The van der Waals surface area contributed by atoms with Gasteiger partial charge in [0.1, 0.15) is 11.4 Å². The minimum absolute atomic E-state index is 0.431. The van der Waals surface area contributed by atoms with Crippen LogP contribution in [0.25, 0.3) is 0 Å². The van der Waals surface area contributed by atoms with E-state index in [1.54, 1.807) is 7.11 Å². The molecular formula is C19H22N3O2+. The van der Waals surface area contributed by atoms with Crippen molar-refractivity contribution in [2.24, 2.45) is 0 Å². The van der Waals surface area contributed by atoms with Crippen LogP contribution in [0, 0.1) is 4.91 Å². The van der Waals surface area contributed by atoms with Gasteiger partial charge in [-0.3, -0.25) is 0 Å². The van der Waals surface area contributed by atoms with Crippen LogP contribution in [0.2, 0.25) is 0 Å². The first-order valence-electron chi connectivity index (χ1n) is 8.51. The number of rotatable bonds is 3. The minimum Gasteiger partial charge on any atom is -0.497 e. The Hall–Kier alpha value is -2.56. The van der Waals surface area contributed by atoms with Crippen LogP contribution in [0.4, 0.5) is 22.7 Å². The van der Waals surface area contributed by atoms with Crippen LogP contribution < -0.4 is 15.4 Å². The molecular weight excluding hydrogens is 302 g/mol. The Bertz CT molecular complexity index is 765. The third kappa shape index (κ3) is 2.50. The van der Waals surface area contributed by atoms with Gasteiger partial charge in [-0.25, -0.2) is 0 Å². The predicted octanol–water partition coefficient (Wildman–Crippen LogP) is 4.94. The Morgan fingerprint density at radius 3 is 2.46 bits per heavy atom. The zero-order valence-corrected chi connectivity index (χ0v) is 13.8. The summed E-state index contributed by atoms with van der Waals surface area (Å²) in [6.07, 6.45) is 5.25. The van der Waals surface area contributed by atoms with Crippen molar-refractivity contribution in [2.75, 3.05) is 17.7 Å². The average Bonchev–Trinajstić information content (AvgIpc) is 2.87. The van der Waals surface area contributed by atoms with E-state index in [-0.39, 0.29) is 0 Å². The molecule has 1 aliphatic carbocycles. The summed E-state index contributed by atoms with van der Waals surface area (Å²) in [4.78, 5) is 12.7. The van der Waals surface area contributed by atoms with Crippen LogP contribution in [0.5, 0.6) is 5.75 Å². The van der Waals surface area contributed by atoms with Gasteiger partial charge in [-0.1, -0.05) is 6.42 Å². The number of hydrogen-bond acceptors (Lipinski definition) is 4. The summed E-state index contributed by atoms with van der Waals surface area (Å²) in [6.45, 7) is 0. The normalized spacial score (nSPS) is 18.1. The summed E-state index contributed by atoms with van der Waals surface area (Å²) in [5.74, 6) is 0.831. The van der Waals surface area contributed by atoms with E-state index in [1.807, 2.05) is 42.5 Å². The number of fused-ring (bicyclic) bond motifs is 1. The van der Waals surface area contributed by atoms with Crippen LogP contribution in [0.1, 0.15) is 32.1 Å². The van der Waals surface area contributed by atoms with Crippen LogP contribution >= 0.6 is 0 Å². The number of ether oxygens (including phenoxy) is 1. The molecule has 0 unspecified atom stereocenters. The van der Waals surface area contributed by atoms with Gasteiger partial charge in [0.25, 0.3) is 11.4 Å². The van der Waals surface area contributed by atoms with Gasteiger partial charge in [0.2, 0.25) is 0 Å². The molecule has 0 bridgehead atoms. The van der Waals surface area contributed by atoms with Gasteiger partial charge in [-0.2, -0.15) is 0 Å². The first kappa shape index (κ1) is 15.0. The first-order chi connectivity index (χ1) is 11.7. The molecule has 2 aromatic carbocycles. The summed E-state index contributed by atoms with van der Waals surface area (Å²) in [6, 6.07) is 13.7. The fourth-order valence-corrected chi connectivity index (χ4v) is 3.73. The summed E-state index contributed by atoms with van der Waals surface area (Å²) >= 11 is 0. The molecule has 2 aliphatic rings. The molecule has 1 saturated carbocycles. The third-order valence-electron chi connectivity index (χ3n) is 5.03. The second kappa shape index (κ2) is 5.82. The molecule has 0 amide bonds. The maximum atomic E-state index is 12.7. The molecule has 0 aromatic heterocycles. The highest BCUT2D eigenvalue weighted by Gasteiger charge is 2.53. The van der Waals surface area contributed by atoms with Crippen LogP contribution in [0.3, 0.4) is 0 Å². The zero-order valence-electron chi connectivity index (χ0n) is 13.8. The molecule has 1 fully saturated rings. The Morgan fingerprint density at radius 2 is 1.75 bits per heavy atom. The van der Waals surface area contributed by atoms with Crippen LogP contribution in [-0.2, 0) is 0 Å². The van der Waals surface area contributed by atoms with Gasteiger partial charge in [0.15, 0.2) is 0 Å². The van der Waals surface area contributed by atoms with Crippen molar-refractivity contribution in [3.8, 4) is 5.75 Å². The molecule has 5 nitrogen and oxygen atoms in total. The highest BCUT2D eigenvalue weighted by molar-refractivity contribution is 5.74. The van der Waals surface area contributed by atoms with Gasteiger partial charge >= 0.3 is 0 Å². The lowest BCUT2D eigenvalue weighted by Gasteiger charge is -2.24. The number of nitrogens with zero attached hydrogens (tertiary/aromatic N) is 1. The quantitative estimate of drug-likeness (QED) is 0.786. The number of anilines is 3. The van der Waals surface area contributed by atoms with Crippen molar-refractivity contribution in [3.63, 3.8) is 0 Å². The van der Waals surface area contributed by atoms with Crippen LogP contribution in [0.15, 0.2) is 42.5 Å². The standard InChI is InChI=1S/C19H22N3O2/c1-24-16-8-5-14(6-9-16)20-15-7-10-18-17(13-15)21-19(22(18)23)11-3-2-4-12-19/h5-10,13,20-21H,2-4,11-12H2,1H3/q+1. The Balaban J connectivity index is 1.56. The molecule has 0 radical (unpaired) electrons. The van der Waals surface area contributed by atoms with Gasteiger partial charge in [0.05, 0.1) is 11.9 Å². The number of nitroso groups, excluding NO2 is 1. The topological polar surface area (TPSA) is 53.4 Å². The van der Waals surface area contributed by atoms with Crippen molar-refractivity contribution in [2.45, 2.75) is 37.8 Å². The monoisotopic (exact) mass is 324 g/mol. The lowest BCUT2D eigenvalue weighted by atomic mass is 9.89. The van der Waals surface area contributed by atoms with E-state index in [0.29, 0.717) is 0 Å². The van der Waals surface area contributed by atoms with Gasteiger partial charge in [0, 0.05) is 35.2 Å². The van der Waals surface area contributed by atoms with E-state index in [1.165, 1.54) is 11.2 Å². The van der Waals surface area contributed by atoms with Crippen molar-refractivity contribution in [1.82, 2.24) is 0 Å². The lowest BCUT2D eigenvalue weighted by Crippen LogP contribution is -2.43. The smallest absolute Gasteiger partial charge is 0.290 e. The highest BCUT2D eigenvalue weighted by Crippen LogP contribution is 2.45. The van der Waals surface area contributed by atoms with Crippen molar-refractivity contribution >= 4 is 22.7 Å². The summed E-state index contributed by atoms with van der Waals surface area (Å²) in [5, 5.41) is 6.87. The van der Waals surface area contributed by atoms with E-state index in [4.69, 9.17) is 4.74 Å². The van der Waals surface area contributed by atoms with Gasteiger partial charge in [-0.15, -0.1) is 0 Å². The SMILES string of the molecule is COc1ccc(Nc2ccc3c(c2)NC2(CCCCC2)[N+]3=O)cc1. The minimum atomic E-state index is -0.431. The second-order valence-corrected chi connectivity index (χ2v) is 6.60. The van der Waals surface area contributed by atoms with Crippen molar-refractivity contribution in [1.29, 1.82) is 0 Å². The number of nitrogens with one attached hydrogen (secondary N) is 2. The van der Waals surface area contributed by atoms with Crippen molar-refractivity contribution < 1.29 is 9.50 Å². The van der Waals surface area contributed by atoms with E-state index < -0.39 is 5.66 Å². The first-order valence-corrected chi connectivity index (χ1v) is 8.51. The molecule has 0 saturated heterocycles. The molecule has 4 rings (SSSR count). The van der Waals surface area contributed by atoms with Crippen molar-refractivity contribution in [3.05, 3.63) is 47.4 Å². The Kier molecular flexibility index (Phi) is 3.63. The Morgan fingerprint density at radius 1 is 1.04 bits per heavy atom. The lowest BCUT2D eigenvalue weighted by molar-refractivity contribution is -0.542.